The van der Waals surface area contributed by atoms with Gasteiger partial charge in [-0.3, -0.25) is 4.68 Å². The summed E-state index contributed by atoms with van der Waals surface area (Å²) in [7, 11) is 1.86. The summed E-state index contributed by atoms with van der Waals surface area (Å²) < 4.78 is 6.92. The molecule has 0 saturated heterocycles. The van der Waals surface area contributed by atoms with Crippen LogP contribution < -0.4 is 10.6 Å². The summed E-state index contributed by atoms with van der Waals surface area (Å²) in [5, 5.41) is 16.4. The number of thioether (sulfide) groups is 1. The average molecular weight is 513 g/mol. The lowest BCUT2D eigenvalue weighted by molar-refractivity contribution is 0.109. The number of aryl methyl sites for hydroxylation is 1. The highest BCUT2D eigenvalue weighted by Crippen LogP contribution is 2.46. The van der Waals surface area contributed by atoms with E-state index in [2.05, 4.69) is 39.1 Å². The van der Waals surface area contributed by atoms with E-state index in [-0.39, 0.29) is 18.2 Å². The Hall–Kier alpha value is -2.59. The summed E-state index contributed by atoms with van der Waals surface area (Å²) in [4.78, 5) is 19.2. The van der Waals surface area contributed by atoms with Crippen LogP contribution in [0.4, 0.5) is 16.3 Å². The first-order valence-corrected chi connectivity index (χ1v) is 14.0. The lowest BCUT2D eigenvalue weighted by atomic mass is 9.86. The first-order chi connectivity index (χ1) is 16.9. The van der Waals surface area contributed by atoms with E-state index < -0.39 is 0 Å². The number of carbonyl (C=O) groups is 1. The van der Waals surface area contributed by atoms with Gasteiger partial charge < -0.3 is 15.4 Å². The number of alkyl carbamates (subject to hydrolysis) is 1. The highest BCUT2D eigenvalue weighted by molar-refractivity contribution is 8.00. The molecule has 5 rings (SSSR count). The van der Waals surface area contributed by atoms with Crippen molar-refractivity contribution in [2.24, 2.45) is 7.05 Å². The van der Waals surface area contributed by atoms with E-state index in [1.165, 1.54) is 33.2 Å². The average Bonchev–Trinajstić information content (AvgIpc) is 3.32. The van der Waals surface area contributed by atoms with E-state index >= 15 is 0 Å². The molecule has 2 heterocycles. The van der Waals surface area contributed by atoms with Gasteiger partial charge >= 0.3 is 6.09 Å². The molecule has 0 unspecified atom stereocenters. The van der Waals surface area contributed by atoms with Crippen molar-refractivity contribution in [1.29, 1.82) is 0 Å². The van der Waals surface area contributed by atoms with E-state index in [1.54, 1.807) is 4.68 Å². The molecule has 2 aliphatic carbocycles. The highest BCUT2D eigenvalue weighted by atomic mass is 32.2. The first-order valence-electron chi connectivity index (χ1n) is 12.3. The maximum Gasteiger partial charge on any atom is 0.407 e. The van der Waals surface area contributed by atoms with Crippen molar-refractivity contribution in [1.82, 2.24) is 25.3 Å². The fraction of sp³-hybridized carbons (Fsp3) is 0.520. The van der Waals surface area contributed by atoms with Gasteiger partial charge in [-0.15, -0.1) is 28.2 Å². The number of anilines is 2. The van der Waals surface area contributed by atoms with Gasteiger partial charge in [-0.1, -0.05) is 11.3 Å². The quantitative estimate of drug-likeness (QED) is 0.377. The number of benzene rings is 1. The number of nitrogens with zero attached hydrogens (tertiary/aromatic N) is 4. The fourth-order valence-corrected chi connectivity index (χ4v) is 6.74. The molecule has 0 spiro atoms. The van der Waals surface area contributed by atoms with Crippen molar-refractivity contribution in [3.8, 4) is 10.4 Å². The Labute approximate surface area is 214 Å². The minimum absolute atomic E-state index is 0.0973. The van der Waals surface area contributed by atoms with Crippen LogP contribution in [0.2, 0.25) is 0 Å². The van der Waals surface area contributed by atoms with Crippen molar-refractivity contribution in [2.75, 3.05) is 5.32 Å². The van der Waals surface area contributed by atoms with Crippen molar-refractivity contribution in [3.63, 3.8) is 0 Å². The Morgan fingerprint density at radius 2 is 2.00 bits per heavy atom. The summed E-state index contributed by atoms with van der Waals surface area (Å²) in [5.74, 6) is 1.19. The zero-order valence-electron chi connectivity index (χ0n) is 20.4. The third kappa shape index (κ3) is 6.35. The Bertz CT molecular complexity index is 1160. The van der Waals surface area contributed by atoms with Gasteiger partial charge in [0.05, 0.1) is 22.2 Å². The zero-order valence-corrected chi connectivity index (χ0v) is 22.0. The molecule has 10 heteroatoms. The van der Waals surface area contributed by atoms with E-state index in [9.17, 15) is 4.79 Å². The maximum atomic E-state index is 11.9. The molecular weight excluding hydrogens is 480 g/mol. The van der Waals surface area contributed by atoms with Crippen LogP contribution in [-0.2, 0) is 11.8 Å². The molecule has 186 valence electrons. The van der Waals surface area contributed by atoms with Gasteiger partial charge in [-0.05, 0) is 64.5 Å². The number of thiazole rings is 1. The maximum absolute atomic E-state index is 11.9. The number of rotatable bonds is 8. The van der Waals surface area contributed by atoms with Crippen molar-refractivity contribution in [3.05, 3.63) is 35.6 Å². The van der Waals surface area contributed by atoms with Gasteiger partial charge in [-0.2, -0.15) is 0 Å². The molecule has 35 heavy (non-hydrogen) atoms. The molecule has 2 N–H and O–H groups in total. The Kier molecular flexibility index (Phi) is 7.29. The van der Waals surface area contributed by atoms with Gasteiger partial charge in [0.25, 0.3) is 0 Å². The topological polar surface area (TPSA) is 94.0 Å². The summed E-state index contributed by atoms with van der Waals surface area (Å²) in [6.45, 7) is 3.74. The van der Waals surface area contributed by atoms with Crippen molar-refractivity contribution >= 4 is 40.7 Å². The largest absolute Gasteiger partial charge is 0.447 e. The van der Waals surface area contributed by atoms with Gasteiger partial charge in [0.1, 0.15) is 0 Å². The minimum atomic E-state index is -0.307. The highest BCUT2D eigenvalue weighted by Gasteiger charge is 2.27. The lowest BCUT2D eigenvalue weighted by Crippen LogP contribution is -2.38. The molecule has 1 amide bonds. The van der Waals surface area contributed by atoms with E-state index in [0.717, 1.165) is 37.2 Å². The SMILES string of the molecule is CC(C)OC(=O)N[C@H]1CC[C@H](c2ncc(-c3ccc(Nc4cn(C)nn4)cc3SC3CC3)s2)CC1. The molecule has 2 aromatic heterocycles. The van der Waals surface area contributed by atoms with Crippen LogP contribution in [0.5, 0.6) is 0 Å². The summed E-state index contributed by atoms with van der Waals surface area (Å²) in [5.41, 5.74) is 2.27. The molecule has 0 bridgehead atoms. The second-order valence-electron chi connectivity index (χ2n) is 9.64. The smallest absolute Gasteiger partial charge is 0.407 e. The molecule has 0 radical (unpaired) electrons. The van der Waals surface area contributed by atoms with Gasteiger partial charge in [0.15, 0.2) is 5.82 Å². The van der Waals surface area contributed by atoms with Gasteiger partial charge in [0.2, 0.25) is 0 Å². The van der Waals surface area contributed by atoms with Crippen LogP contribution in [0.1, 0.15) is 63.3 Å². The minimum Gasteiger partial charge on any atom is -0.447 e. The molecule has 1 aromatic carbocycles. The number of hydrogen-bond acceptors (Lipinski definition) is 8. The predicted octanol–water partition coefficient (Wildman–Crippen LogP) is 6.10. The van der Waals surface area contributed by atoms with E-state index in [0.29, 0.717) is 11.2 Å². The number of carbonyl (C=O) groups excluding carboxylic acids is 1. The predicted molar refractivity (Wildman–Crippen MR) is 140 cm³/mol. The van der Waals surface area contributed by atoms with E-state index in [4.69, 9.17) is 9.72 Å². The third-order valence-corrected chi connectivity index (χ3v) is 8.79. The van der Waals surface area contributed by atoms with Crippen LogP contribution in [0, 0.1) is 0 Å². The second kappa shape index (κ2) is 10.6. The van der Waals surface area contributed by atoms with Gasteiger partial charge in [-0.25, -0.2) is 9.78 Å². The van der Waals surface area contributed by atoms with Crippen LogP contribution >= 0.6 is 23.1 Å². The normalized spacial score (nSPS) is 20.1. The molecule has 2 saturated carbocycles. The van der Waals surface area contributed by atoms with Crippen LogP contribution in [0.15, 0.2) is 35.5 Å². The second-order valence-corrected chi connectivity index (χ2v) is 12.0. The number of nitrogens with one attached hydrogen (secondary N) is 2. The Balaban J connectivity index is 1.26. The summed E-state index contributed by atoms with van der Waals surface area (Å²) in [6.07, 6.45) is 10.0. The summed E-state index contributed by atoms with van der Waals surface area (Å²) >= 11 is 3.77. The van der Waals surface area contributed by atoms with Crippen LogP contribution in [0.25, 0.3) is 10.4 Å². The monoisotopic (exact) mass is 512 g/mol. The number of aromatic nitrogens is 4. The molecule has 3 aromatic rings. The van der Waals surface area contributed by atoms with Crippen LogP contribution in [-0.4, -0.2) is 43.5 Å². The molecule has 0 aliphatic heterocycles. The Morgan fingerprint density at radius 1 is 1.20 bits per heavy atom. The van der Waals surface area contributed by atoms with Crippen molar-refractivity contribution < 1.29 is 9.53 Å². The third-order valence-electron chi connectivity index (χ3n) is 6.20. The fourth-order valence-electron chi connectivity index (χ4n) is 4.32. The first kappa shape index (κ1) is 24.1. The number of amides is 1. The molecule has 2 fully saturated rings. The molecular formula is C25H32N6O2S2. The summed E-state index contributed by atoms with van der Waals surface area (Å²) in [6, 6.07) is 6.71. The standard InChI is InChI=1S/C25H32N6O2S2/c1-15(2)33-25(32)28-17-6-4-16(5-7-17)24-26-13-22(35-24)20-11-8-18(12-21(20)34-19-9-10-19)27-23-14-31(3)30-29-23/h8,11-17,19,27H,4-7,9-10H2,1-3H3,(H,28,32)/t16-,17-. The Morgan fingerprint density at radius 3 is 2.69 bits per heavy atom. The zero-order chi connectivity index (χ0) is 24.4. The number of hydrogen-bond donors (Lipinski definition) is 2. The van der Waals surface area contributed by atoms with Crippen molar-refractivity contribution in [2.45, 2.75) is 80.6 Å². The molecule has 2 aliphatic rings. The number of ether oxygens (including phenoxy) is 1. The van der Waals surface area contributed by atoms with Gasteiger partial charge in [0, 0.05) is 46.6 Å². The lowest BCUT2D eigenvalue weighted by Gasteiger charge is -2.28. The van der Waals surface area contributed by atoms with E-state index in [1.807, 2.05) is 56.4 Å². The molecule has 8 nitrogen and oxygen atoms in total. The molecule has 0 atom stereocenters. The van der Waals surface area contributed by atoms with Crippen LogP contribution in [0.3, 0.4) is 0 Å².